The third-order valence-corrected chi connectivity index (χ3v) is 2.75. The van der Waals surface area contributed by atoms with Gasteiger partial charge in [0.2, 0.25) is 5.88 Å². The van der Waals surface area contributed by atoms with Crippen molar-refractivity contribution in [2.45, 2.75) is 26.3 Å². The minimum absolute atomic E-state index is 0.0839. The van der Waals surface area contributed by atoms with Gasteiger partial charge in [-0.05, 0) is 25.5 Å². The highest BCUT2D eigenvalue weighted by atomic mass is 16.5. The fourth-order valence-electron chi connectivity index (χ4n) is 1.79. The van der Waals surface area contributed by atoms with Crippen LogP contribution >= 0.6 is 0 Å². The first-order valence-corrected chi connectivity index (χ1v) is 6.39. The minimum atomic E-state index is 0.0839. The number of nitrogens with two attached hydrogens (primary N) is 1. The highest BCUT2D eigenvalue weighted by molar-refractivity contribution is 5.54. The summed E-state index contributed by atoms with van der Waals surface area (Å²) in [6, 6.07) is 3.71. The number of aromatic nitrogens is 3. The van der Waals surface area contributed by atoms with E-state index < -0.39 is 0 Å². The topological polar surface area (TPSA) is 88.8 Å². The van der Waals surface area contributed by atoms with E-state index in [0.29, 0.717) is 18.2 Å². The van der Waals surface area contributed by atoms with Crippen LogP contribution in [0.5, 0.6) is 5.88 Å². The Labute approximate surface area is 112 Å². The van der Waals surface area contributed by atoms with Gasteiger partial charge in [0.15, 0.2) is 0 Å². The molecule has 0 bridgehead atoms. The Morgan fingerprint density at radius 2 is 2.26 bits per heavy atom. The number of nitrogens with one attached hydrogen (secondary N) is 2. The predicted octanol–water partition coefficient (Wildman–Crippen LogP) is 2.35. The summed E-state index contributed by atoms with van der Waals surface area (Å²) < 4.78 is 5.38. The van der Waals surface area contributed by atoms with Gasteiger partial charge >= 0.3 is 0 Å². The molecule has 102 valence electrons. The molecule has 1 unspecified atom stereocenters. The molecule has 19 heavy (non-hydrogen) atoms. The summed E-state index contributed by atoms with van der Waals surface area (Å²) >= 11 is 0. The third-order valence-electron chi connectivity index (χ3n) is 2.75. The van der Waals surface area contributed by atoms with Crippen LogP contribution in [-0.4, -0.2) is 21.6 Å². The Bertz CT molecular complexity index is 512. The van der Waals surface area contributed by atoms with E-state index in [4.69, 9.17) is 10.5 Å². The third kappa shape index (κ3) is 3.15. The van der Waals surface area contributed by atoms with Crippen molar-refractivity contribution in [3.8, 4) is 5.88 Å². The molecule has 0 spiro atoms. The van der Waals surface area contributed by atoms with Crippen LogP contribution in [0, 0.1) is 0 Å². The first-order chi connectivity index (χ1) is 9.24. The fourth-order valence-corrected chi connectivity index (χ4v) is 1.79. The zero-order chi connectivity index (χ0) is 13.7. The molecule has 0 aliphatic rings. The van der Waals surface area contributed by atoms with Crippen LogP contribution < -0.4 is 15.8 Å². The van der Waals surface area contributed by atoms with Crippen molar-refractivity contribution >= 4 is 11.5 Å². The smallest absolute Gasteiger partial charge is 0.239 e. The second kappa shape index (κ2) is 6.08. The van der Waals surface area contributed by atoms with Crippen LogP contribution in [0.1, 0.15) is 32.1 Å². The highest BCUT2D eigenvalue weighted by Gasteiger charge is 2.13. The molecule has 2 aromatic heterocycles. The van der Waals surface area contributed by atoms with Crippen molar-refractivity contribution in [3.05, 3.63) is 30.4 Å². The molecule has 0 aromatic carbocycles. The van der Waals surface area contributed by atoms with Crippen LogP contribution in [0.15, 0.2) is 24.5 Å². The Kier molecular flexibility index (Phi) is 4.22. The Morgan fingerprint density at radius 3 is 2.89 bits per heavy atom. The van der Waals surface area contributed by atoms with Gasteiger partial charge in [0.25, 0.3) is 0 Å². The van der Waals surface area contributed by atoms with Crippen molar-refractivity contribution in [1.82, 2.24) is 15.0 Å². The zero-order valence-electron chi connectivity index (χ0n) is 11.2. The maximum absolute atomic E-state index is 5.80. The van der Waals surface area contributed by atoms with Gasteiger partial charge < -0.3 is 20.8 Å². The predicted molar refractivity (Wildman–Crippen MR) is 75.1 cm³/mol. The van der Waals surface area contributed by atoms with Crippen molar-refractivity contribution in [3.63, 3.8) is 0 Å². The Hall–Kier alpha value is -2.24. The van der Waals surface area contributed by atoms with Crippen LogP contribution in [0.4, 0.5) is 11.5 Å². The number of pyridine rings is 1. The second-order valence-electron chi connectivity index (χ2n) is 4.10. The molecule has 4 N–H and O–H groups in total. The van der Waals surface area contributed by atoms with Gasteiger partial charge in [-0.25, -0.2) is 4.98 Å². The maximum atomic E-state index is 5.80. The molecule has 0 aliphatic heterocycles. The summed E-state index contributed by atoms with van der Waals surface area (Å²) in [4.78, 5) is 11.7. The molecule has 0 aliphatic carbocycles. The monoisotopic (exact) mass is 261 g/mol. The van der Waals surface area contributed by atoms with Gasteiger partial charge in [-0.1, -0.05) is 6.92 Å². The molecule has 2 aromatic rings. The summed E-state index contributed by atoms with van der Waals surface area (Å²) in [5, 5.41) is 3.32. The summed E-state index contributed by atoms with van der Waals surface area (Å²) in [6.07, 6.45) is 4.44. The summed E-state index contributed by atoms with van der Waals surface area (Å²) in [5.41, 5.74) is 6.34. The fraction of sp³-hybridized carbons (Fsp3) is 0.385. The molecule has 0 saturated heterocycles. The molecule has 0 radical (unpaired) electrons. The lowest BCUT2D eigenvalue weighted by Gasteiger charge is -2.16. The standard InChI is InChI=1S/C13H19N5O/c1-3-10(12-15-7-8-16-12)17-11-6-5-9(14)13(18-11)19-4-2/h5-8,10H,3-4,14H2,1-2H3,(H,15,16)(H,17,18). The second-order valence-corrected chi connectivity index (χ2v) is 4.10. The van der Waals surface area contributed by atoms with E-state index in [9.17, 15) is 0 Å². The summed E-state index contributed by atoms with van der Waals surface area (Å²) in [6.45, 7) is 4.52. The first kappa shape index (κ1) is 13.2. The number of hydrogen-bond donors (Lipinski definition) is 3. The molecule has 2 rings (SSSR count). The quantitative estimate of drug-likeness (QED) is 0.742. The molecule has 2 heterocycles. The minimum Gasteiger partial charge on any atom is -0.476 e. The zero-order valence-corrected chi connectivity index (χ0v) is 11.2. The maximum Gasteiger partial charge on any atom is 0.239 e. The van der Waals surface area contributed by atoms with Crippen molar-refractivity contribution < 1.29 is 4.74 Å². The van der Waals surface area contributed by atoms with E-state index in [0.717, 1.165) is 18.1 Å². The number of nitrogen functional groups attached to an aromatic ring is 1. The molecular weight excluding hydrogens is 242 g/mol. The Balaban J connectivity index is 2.15. The van der Waals surface area contributed by atoms with Gasteiger partial charge in [0.1, 0.15) is 11.6 Å². The number of ether oxygens (including phenoxy) is 1. The van der Waals surface area contributed by atoms with Gasteiger partial charge in [0, 0.05) is 12.4 Å². The lowest BCUT2D eigenvalue weighted by Crippen LogP contribution is -2.13. The Morgan fingerprint density at radius 1 is 1.42 bits per heavy atom. The van der Waals surface area contributed by atoms with E-state index in [1.165, 1.54) is 0 Å². The van der Waals surface area contributed by atoms with E-state index in [-0.39, 0.29) is 6.04 Å². The number of imidazole rings is 1. The van der Waals surface area contributed by atoms with Crippen molar-refractivity contribution in [1.29, 1.82) is 0 Å². The SMILES string of the molecule is CCOc1nc(NC(CC)c2ncc[nH]2)ccc1N. The molecular formula is C13H19N5O. The summed E-state index contributed by atoms with van der Waals surface area (Å²) in [7, 11) is 0. The molecule has 0 amide bonds. The van der Waals surface area contributed by atoms with E-state index in [1.54, 1.807) is 12.3 Å². The van der Waals surface area contributed by atoms with Crippen LogP contribution in [0.2, 0.25) is 0 Å². The van der Waals surface area contributed by atoms with Gasteiger partial charge in [0.05, 0.1) is 18.3 Å². The number of nitrogens with zero attached hydrogens (tertiary/aromatic N) is 2. The van der Waals surface area contributed by atoms with E-state index in [1.807, 2.05) is 19.2 Å². The average molecular weight is 261 g/mol. The molecule has 1 atom stereocenters. The number of anilines is 2. The largest absolute Gasteiger partial charge is 0.476 e. The van der Waals surface area contributed by atoms with E-state index in [2.05, 4.69) is 27.2 Å². The van der Waals surface area contributed by atoms with E-state index >= 15 is 0 Å². The summed E-state index contributed by atoms with van der Waals surface area (Å²) in [5.74, 6) is 2.07. The average Bonchev–Trinajstić information content (AvgIpc) is 2.93. The lowest BCUT2D eigenvalue weighted by molar-refractivity contribution is 0.329. The van der Waals surface area contributed by atoms with Gasteiger partial charge in [-0.3, -0.25) is 0 Å². The first-order valence-electron chi connectivity index (χ1n) is 6.39. The van der Waals surface area contributed by atoms with Crippen LogP contribution in [0.3, 0.4) is 0 Å². The van der Waals surface area contributed by atoms with Gasteiger partial charge in [-0.15, -0.1) is 0 Å². The number of rotatable bonds is 6. The molecule has 0 fully saturated rings. The van der Waals surface area contributed by atoms with Gasteiger partial charge in [-0.2, -0.15) is 4.98 Å². The number of H-pyrrole nitrogens is 1. The number of hydrogen-bond acceptors (Lipinski definition) is 5. The van der Waals surface area contributed by atoms with Crippen LogP contribution in [0.25, 0.3) is 0 Å². The van der Waals surface area contributed by atoms with Crippen molar-refractivity contribution in [2.75, 3.05) is 17.7 Å². The normalized spacial score (nSPS) is 12.1. The van der Waals surface area contributed by atoms with Crippen LogP contribution in [-0.2, 0) is 0 Å². The molecule has 0 saturated carbocycles. The highest BCUT2D eigenvalue weighted by Crippen LogP contribution is 2.24. The van der Waals surface area contributed by atoms with Crippen molar-refractivity contribution in [2.24, 2.45) is 0 Å². The lowest BCUT2D eigenvalue weighted by atomic mass is 10.2. The molecule has 6 heteroatoms. The molecule has 6 nitrogen and oxygen atoms in total. The number of aromatic amines is 1.